The molecule has 0 aliphatic heterocycles. The summed E-state index contributed by atoms with van der Waals surface area (Å²) >= 11 is 3.36. The molecule has 3 aromatic rings. The number of aromatic carboxylic acids is 1. The fourth-order valence-corrected chi connectivity index (χ4v) is 2.04. The second-order valence-corrected chi connectivity index (χ2v) is 4.93. The summed E-state index contributed by atoms with van der Waals surface area (Å²) in [6.45, 7) is 0. The van der Waals surface area contributed by atoms with E-state index in [4.69, 9.17) is 9.52 Å². The lowest BCUT2D eigenvalue weighted by molar-refractivity contribution is 0.0697. The average molecular weight is 318 g/mol. The molecule has 1 heterocycles. The number of halogens is 1. The van der Waals surface area contributed by atoms with Gasteiger partial charge in [-0.1, -0.05) is 15.9 Å². The van der Waals surface area contributed by atoms with E-state index in [1.807, 2.05) is 24.3 Å². The topological polar surface area (TPSA) is 63.3 Å². The van der Waals surface area contributed by atoms with Gasteiger partial charge in [0.1, 0.15) is 5.52 Å². The number of aromatic nitrogens is 1. The smallest absolute Gasteiger partial charge is 0.335 e. The lowest BCUT2D eigenvalue weighted by Gasteiger charge is -1.94. The maximum atomic E-state index is 10.9. The molecule has 0 aliphatic carbocycles. The Morgan fingerprint density at radius 1 is 1.16 bits per heavy atom. The van der Waals surface area contributed by atoms with Gasteiger partial charge >= 0.3 is 5.97 Å². The first-order chi connectivity index (χ1) is 9.13. The third-order valence-electron chi connectivity index (χ3n) is 2.73. The minimum atomic E-state index is -0.983. The zero-order valence-corrected chi connectivity index (χ0v) is 11.2. The lowest BCUT2D eigenvalue weighted by Crippen LogP contribution is -1.94. The molecule has 2 aromatic carbocycles. The first kappa shape index (κ1) is 11.9. The Bertz CT molecular complexity index is 762. The van der Waals surface area contributed by atoms with Crippen molar-refractivity contribution < 1.29 is 14.3 Å². The van der Waals surface area contributed by atoms with Crippen LogP contribution in [0, 0.1) is 0 Å². The van der Waals surface area contributed by atoms with Crippen molar-refractivity contribution in [3.8, 4) is 11.5 Å². The second-order valence-electron chi connectivity index (χ2n) is 4.01. The van der Waals surface area contributed by atoms with Crippen molar-refractivity contribution in [2.45, 2.75) is 0 Å². The van der Waals surface area contributed by atoms with E-state index in [0.29, 0.717) is 17.0 Å². The van der Waals surface area contributed by atoms with E-state index >= 15 is 0 Å². The molecular formula is C14H8BrNO3. The quantitative estimate of drug-likeness (QED) is 0.777. The van der Waals surface area contributed by atoms with Crippen LogP contribution in [0.15, 0.2) is 51.4 Å². The molecule has 0 saturated carbocycles. The second kappa shape index (κ2) is 4.51. The summed E-state index contributed by atoms with van der Waals surface area (Å²) in [5.74, 6) is -0.506. The van der Waals surface area contributed by atoms with Gasteiger partial charge < -0.3 is 9.52 Å². The molecule has 0 bridgehead atoms. The van der Waals surface area contributed by atoms with Gasteiger partial charge in [0.05, 0.1) is 5.56 Å². The van der Waals surface area contributed by atoms with Crippen molar-refractivity contribution >= 4 is 33.0 Å². The predicted molar refractivity (Wildman–Crippen MR) is 74.1 cm³/mol. The number of fused-ring (bicyclic) bond motifs is 1. The molecule has 0 atom stereocenters. The van der Waals surface area contributed by atoms with Gasteiger partial charge in [-0.25, -0.2) is 9.78 Å². The Labute approximate surface area is 116 Å². The SMILES string of the molecule is O=C(O)c1ccc2nc(-c3ccc(Br)cc3)oc2c1. The first-order valence-corrected chi connectivity index (χ1v) is 6.32. The van der Waals surface area contributed by atoms with Crippen molar-refractivity contribution in [1.82, 2.24) is 4.98 Å². The highest BCUT2D eigenvalue weighted by Gasteiger charge is 2.10. The monoisotopic (exact) mass is 317 g/mol. The van der Waals surface area contributed by atoms with Crippen LogP contribution in [0.2, 0.25) is 0 Å². The summed E-state index contributed by atoms with van der Waals surface area (Å²) in [5.41, 5.74) is 2.14. The van der Waals surface area contributed by atoms with E-state index in [2.05, 4.69) is 20.9 Å². The minimum absolute atomic E-state index is 0.186. The Morgan fingerprint density at radius 3 is 2.58 bits per heavy atom. The van der Waals surface area contributed by atoms with Crippen LogP contribution in [0.4, 0.5) is 0 Å². The largest absolute Gasteiger partial charge is 0.478 e. The van der Waals surface area contributed by atoms with Gasteiger partial charge in [0.25, 0.3) is 0 Å². The van der Waals surface area contributed by atoms with Crippen LogP contribution < -0.4 is 0 Å². The van der Waals surface area contributed by atoms with E-state index < -0.39 is 5.97 Å². The molecule has 0 fully saturated rings. The number of nitrogens with zero attached hydrogens (tertiary/aromatic N) is 1. The van der Waals surface area contributed by atoms with Crippen molar-refractivity contribution in [2.24, 2.45) is 0 Å². The summed E-state index contributed by atoms with van der Waals surface area (Å²) in [5, 5.41) is 8.93. The highest BCUT2D eigenvalue weighted by atomic mass is 79.9. The maximum Gasteiger partial charge on any atom is 0.335 e. The summed E-state index contributed by atoms with van der Waals surface area (Å²) in [4.78, 5) is 15.2. The van der Waals surface area contributed by atoms with Crippen molar-refractivity contribution in [1.29, 1.82) is 0 Å². The van der Waals surface area contributed by atoms with Gasteiger partial charge in [-0.2, -0.15) is 0 Å². The summed E-state index contributed by atoms with van der Waals surface area (Å²) < 4.78 is 6.57. The van der Waals surface area contributed by atoms with Gasteiger partial charge in [-0.05, 0) is 42.5 Å². The lowest BCUT2D eigenvalue weighted by atomic mass is 10.2. The molecule has 19 heavy (non-hydrogen) atoms. The maximum absolute atomic E-state index is 10.9. The van der Waals surface area contributed by atoms with Crippen molar-refractivity contribution in [3.63, 3.8) is 0 Å². The molecule has 4 nitrogen and oxygen atoms in total. The van der Waals surface area contributed by atoms with Crippen molar-refractivity contribution in [2.75, 3.05) is 0 Å². The molecule has 0 unspecified atom stereocenters. The van der Waals surface area contributed by atoms with Crippen LogP contribution >= 0.6 is 15.9 Å². The molecule has 1 N–H and O–H groups in total. The van der Waals surface area contributed by atoms with Gasteiger partial charge in [-0.15, -0.1) is 0 Å². The molecule has 0 radical (unpaired) electrons. The Morgan fingerprint density at radius 2 is 1.89 bits per heavy atom. The molecule has 3 rings (SSSR count). The van der Waals surface area contributed by atoms with Gasteiger partial charge in [0.15, 0.2) is 5.58 Å². The van der Waals surface area contributed by atoms with Crippen molar-refractivity contribution in [3.05, 3.63) is 52.5 Å². The van der Waals surface area contributed by atoms with Gasteiger partial charge in [0, 0.05) is 10.0 Å². The minimum Gasteiger partial charge on any atom is -0.478 e. The standard InChI is InChI=1S/C14H8BrNO3/c15-10-4-1-8(2-5-10)13-16-11-6-3-9(14(17)18)7-12(11)19-13/h1-7H,(H,17,18). The Hall–Kier alpha value is -2.14. The molecule has 0 aliphatic rings. The molecule has 5 heteroatoms. The van der Waals surface area contributed by atoms with E-state index in [9.17, 15) is 4.79 Å². The Balaban J connectivity index is 2.11. The number of hydrogen-bond acceptors (Lipinski definition) is 3. The summed E-state index contributed by atoms with van der Waals surface area (Å²) in [6, 6.07) is 12.2. The molecule has 0 amide bonds. The number of hydrogen-bond donors (Lipinski definition) is 1. The molecule has 1 aromatic heterocycles. The van der Waals surface area contributed by atoms with Gasteiger partial charge in [-0.3, -0.25) is 0 Å². The molecule has 0 saturated heterocycles. The highest BCUT2D eigenvalue weighted by Crippen LogP contribution is 2.26. The number of carbonyl (C=O) groups is 1. The average Bonchev–Trinajstić information content (AvgIpc) is 2.82. The predicted octanol–water partition coefficient (Wildman–Crippen LogP) is 3.96. The van der Waals surface area contributed by atoms with E-state index in [1.165, 1.54) is 12.1 Å². The van der Waals surface area contributed by atoms with Crippen LogP contribution in [0.5, 0.6) is 0 Å². The van der Waals surface area contributed by atoms with E-state index in [1.54, 1.807) is 6.07 Å². The first-order valence-electron chi connectivity index (χ1n) is 5.53. The molecule has 94 valence electrons. The number of rotatable bonds is 2. The van der Waals surface area contributed by atoms with Gasteiger partial charge in [0.2, 0.25) is 5.89 Å². The van der Waals surface area contributed by atoms with Crippen LogP contribution in [-0.4, -0.2) is 16.1 Å². The number of oxazole rings is 1. The fourth-order valence-electron chi connectivity index (χ4n) is 1.77. The number of carboxylic acids is 1. The zero-order valence-electron chi connectivity index (χ0n) is 9.63. The number of benzene rings is 2. The van der Waals surface area contributed by atoms with E-state index in [-0.39, 0.29) is 5.56 Å². The number of carboxylic acid groups (broad SMARTS) is 1. The van der Waals surface area contributed by atoms with Crippen LogP contribution in [0.1, 0.15) is 10.4 Å². The van der Waals surface area contributed by atoms with Crippen LogP contribution in [-0.2, 0) is 0 Å². The molecular weight excluding hydrogens is 310 g/mol. The molecule has 0 spiro atoms. The summed E-state index contributed by atoms with van der Waals surface area (Å²) in [7, 11) is 0. The Kier molecular flexibility index (Phi) is 2.83. The fraction of sp³-hybridized carbons (Fsp3) is 0. The van der Waals surface area contributed by atoms with Crippen LogP contribution in [0.3, 0.4) is 0 Å². The summed E-state index contributed by atoms with van der Waals surface area (Å²) in [6.07, 6.45) is 0. The zero-order chi connectivity index (χ0) is 13.4. The third-order valence-corrected chi connectivity index (χ3v) is 3.26. The van der Waals surface area contributed by atoms with E-state index in [0.717, 1.165) is 10.0 Å². The highest BCUT2D eigenvalue weighted by molar-refractivity contribution is 9.10. The normalized spacial score (nSPS) is 10.8. The van der Waals surface area contributed by atoms with Crippen LogP contribution in [0.25, 0.3) is 22.6 Å². The third kappa shape index (κ3) is 2.24.